The van der Waals surface area contributed by atoms with Gasteiger partial charge >= 0.3 is 0 Å². The van der Waals surface area contributed by atoms with Crippen LogP contribution in [-0.2, 0) is 4.79 Å². The minimum absolute atomic E-state index is 0.0447. The first-order valence-corrected chi connectivity index (χ1v) is 7.27. The maximum atomic E-state index is 11.7. The van der Waals surface area contributed by atoms with Crippen LogP contribution in [0.15, 0.2) is 29.0 Å². The molecule has 1 fully saturated rings. The SMILES string of the molecule is CC(=O)N1CCCC1c1noc(-c2cccc3[nH]cnc23)n1. The summed E-state index contributed by atoms with van der Waals surface area (Å²) >= 11 is 0. The van der Waals surface area contributed by atoms with Crippen molar-refractivity contribution in [2.45, 2.75) is 25.8 Å². The van der Waals surface area contributed by atoms with Crippen LogP contribution < -0.4 is 0 Å². The first kappa shape index (κ1) is 13.0. The normalized spacial score (nSPS) is 18.2. The van der Waals surface area contributed by atoms with Crippen molar-refractivity contribution < 1.29 is 9.32 Å². The fraction of sp³-hybridized carbons (Fsp3) is 0.333. The van der Waals surface area contributed by atoms with Crippen LogP contribution in [0.5, 0.6) is 0 Å². The molecular formula is C15H15N5O2. The number of para-hydroxylation sites is 1. The first-order chi connectivity index (χ1) is 10.7. The summed E-state index contributed by atoms with van der Waals surface area (Å²) in [6, 6.07) is 5.67. The molecule has 112 valence electrons. The topological polar surface area (TPSA) is 87.9 Å². The summed E-state index contributed by atoms with van der Waals surface area (Å²) < 4.78 is 5.42. The molecule has 1 aliphatic rings. The van der Waals surface area contributed by atoms with Crippen LogP contribution in [-0.4, -0.2) is 37.5 Å². The number of carbonyl (C=O) groups excluding carboxylic acids is 1. The van der Waals surface area contributed by atoms with E-state index in [1.807, 2.05) is 18.2 Å². The Hall–Kier alpha value is -2.70. The number of aromatic amines is 1. The third-order valence-electron chi connectivity index (χ3n) is 4.08. The molecule has 0 bridgehead atoms. The van der Waals surface area contributed by atoms with Gasteiger partial charge < -0.3 is 14.4 Å². The molecule has 1 aliphatic heterocycles. The lowest BCUT2D eigenvalue weighted by Crippen LogP contribution is -2.28. The number of amides is 1. The Morgan fingerprint density at radius 1 is 1.45 bits per heavy atom. The van der Waals surface area contributed by atoms with Gasteiger partial charge in [-0.05, 0) is 25.0 Å². The highest BCUT2D eigenvalue weighted by Gasteiger charge is 2.31. The van der Waals surface area contributed by atoms with Gasteiger partial charge in [0.25, 0.3) is 5.89 Å². The molecule has 7 nitrogen and oxygen atoms in total. The summed E-state index contributed by atoms with van der Waals surface area (Å²) in [7, 11) is 0. The quantitative estimate of drug-likeness (QED) is 0.784. The number of hydrogen-bond donors (Lipinski definition) is 1. The minimum atomic E-state index is -0.0895. The lowest BCUT2D eigenvalue weighted by Gasteiger charge is -2.19. The number of rotatable bonds is 2. The van der Waals surface area contributed by atoms with E-state index >= 15 is 0 Å². The van der Waals surface area contributed by atoms with Crippen molar-refractivity contribution in [2.75, 3.05) is 6.54 Å². The molecule has 2 aromatic heterocycles. The van der Waals surface area contributed by atoms with E-state index in [2.05, 4.69) is 20.1 Å². The molecular weight excluding hydrogens is 282 g/mol. The van der Waals surface area contributed by atoms with E-state index in [1.165, 1.54) is 0 Å². The molecule has 4 rings (SSSR count). The van der Waals surface area contributed by atoms with Gasteiger partial charge in [-0.25, -0.2) is 4.98 Å². The molecule has 3 aromatic rings. The van der Waals surface area contributed by atoms with E-state index in [1.54, 1.807) is 18.2 Å². The summed E-state index contributed by atoms with van der Waals surface area (Å²) in [6.07, 6.45) is 3.47. The number of imidazole rings is 1. The predicted molar refractivity (Wildman–Crippen MR) is 78.7 cm³/mol. The van der Waals surface area contributed by atoms with Gasteiger partial charge in [0.2, 0.25) is 5.91 Å². The molecule has 1 amide bonds. The van der Waals surface area contributed by atoms with E-state index in [9.17, 15) is 4.79 Å². The maximum absolute atomic E-state index is 11.7. The molecule has 1 saturated heterocycles. The molecule has 22 heavy (non-hydrogen) atoms. The van der Waals surface area contributed by atoms with Gasteiger partial charge in [0.05, 0.1) is 23.4 Å². The van der Waals surface area contributed by atoms with Crippen molar-refractivity contribution in [3.8, 4) is 11.5 Å². The fourth-order valence-electron chi connectivity index (χ4n) is 3.03. The molecule has 1 aromatic carbocycles. The second kappa shape index (κ2) is 4.94. The molecule has 0 aliphatic carbocycles. The Balaban J connectivity index is 1.73. The first-order valence-electron chi connectivity index (χ1n) is 7.27. The van der Waals surface area contributed by atoms with Gasteiger partial charge in [-0.15, -0.1) is 0 Å². The average molecular weight is 297 g/mol. The van der Waals surface area contributed by atoms with Crippen molar-refractivity contribution in [2.24, 2.45) is 0 Å². The molecule has 1 N–H and O–H groups in total. The summed E-state index contributed by atoms with van der Waals surface area (Å²) in [5.41, 5.74) is 2.51. The Morgan fingerprint density at radius 2 is 2.36 bits per heavy atom. The van der Waals surface area contributed by atoms with E-state index in [0.717, 1.165) is 36.0 Å². The van der Waals surface area contributed by atoms with Crippen LogP contribution in [0, 0.1) is 0 Å². The zero-order valence-electron chi connectivity index (χ0n) is 12.1. The summed E-state index contributed by atoms with van der Waals surface area (Å²) in [5, 5.41) is 4.08. The van der Waals surface area contributed by atoms with E-state index < -0.39 is 0 Å². The molecule has 0 radical (unpaired) electrons. The highest BCUT2D eigenvalue weighted by Crippen LogP contribution is 2.32. The smallest absolute Gasteiger partial charge is 0.260 e. The van der Waals surface area contributed by atoms with E-state index in [-0.39, 0.29) is 11.9 Å². The van der Waals surface area contributed by atoms with Gasteiger partial charge in [-0.2, -0.15) is 4.98 Å². The highest BCUT2D eigenvalue weighted by atomic mass is 16.5. The third kappa shape index (κ3) is 1.97. The standard InChI is InChI=1S/C15H15N5O2/c1-9(21)20-7-3-6-12(20)14-18-15(22-19-14)10-4-2-5-11-13(10)17-8-16-11/h2,4-5,8,12H,3,6-7H2,1H3,(H,16,17). The lowest BCUT2D eigenvalue weighted by molar-refractivity contribution is -0.129. The average Bonchev–Trinajstić information content (AvgIpc) is 3.25. The second-order valence-corrected chi connectivity index (χ2v) is 5.43. The van der Waals surface area contributed by atoms with Gasteiger partial charge in [0.15, 0.2) is 5.82 Å². The third-order valence-corrected chi connectivity index (χ3v) is 4.08. The van der Waals surface area contributed by atoms with Gasteiger partial charge in [-0.1, -0.05) is 11.2 Å². The molecule has 1 atom stereocenters. The molecule has 0 spiro atoms. The highest BCUT2D eigenvalue weighted by molar-refractivity contribution is 5.89. The Bertz CT molecular complexity index is 837. The van der Waals surface area contributed by atoms with Gasteiger partial charge in [0, 0.05) is 13.5 Å². The molecule has 1 unspecified atom stereocenters. The number of H-pyrrole nitrogens is 1. The van der Waals surface area contributed by atoms with Crippen LogP contribution in [0.25, 0.3) is 22.5 Å². The van der Waals surface area contributed by atoms with E-state index in [0.29, 0.717) is 11.7 Å². The lowest BCUT2D eigenvalue weighted by atomic mass is 10.2. The van der Waals surface area contributed by atoms with Crippen LogP contribution in [0.3, 0.4) is 0 Å². The monoisotopic (exact) mass is 297 g/mol. The van der Waals surface area contributed by atoms with Crippen LogP contribution in [0.1, 0.15) is 31.6 Å². The zero-order chi connectivity index (χ0) is 15.1. The summed E-state index contributed by atoms with van der Waals surface area (Å²) in [4.78, 5) is 25.3. The van der Waals surface area contributed by atoms with E-state index in [4.69, 9.17) is 4.52 Å². The number of hydrogen-bond acceptors (Lipinski definition) is 5. The van der Waals surface area contributed by atoms with Gasteiger partial charge in [-0.3, -0.25) is 4.79 Å². The number of fused-ring (bicyclic) bond motifs is 1. The molecule has 7 heteroatoms. The maximum Gasteiger partial charge on any atom is 0.260 e. The van der Waals surface area contributed by atoms with Crippen molar-refractivity contribution in [3.63, 3.8) is 0 Å². The van der Waals surface area contributed by atoms with Crippen molar-refractivity contribution in [3.05, 3.63) is 30.4 Å². The number of carbonyl (C=O) groups is 1. The van der Waals surface area contributed by atoms with Gasteiger partial charge in [0.1, 0.15) is 5.52 Å². The minimum Gasteiger partial charge on any atom is -0.345 e. The number of nitrogens with one attached hydrogen (secondary N) is 1. The van der Waals surface area contributed by atoms with Crippen LogP contribution in [0.2, 0.25) is 0 Å². The number of likely N-dealkylation sites (tertiary alicyclic amines) is 1. The number of aromatic nitrogens is 4. The Labute approximate surface area is 126 Å². The summed E-state index contributed by atoms with van der Waals surface area (Å²) in [5.74, 6) is 1.04. The Kier molecular flexibility index (Phi) is 2.92. The van der Waals surface area contributed by atoms with Crippen molar-refractivity contribution >= 4 is 16.9 Å². The van der Waals surface area contributed by atoms with Crippen LogP contribution >= 0.6 is 0 Å². The Morgan fingerprint density at radius 3 is 3.23 bits per heavy atom. The fourth-order valence-corrected chi connectivity index (χ4v) is 3.03. The van der Waals surface area contributed by atoms with Crippen LogP contribution in [0.4, 0.5) is 0 Å². The summed E-state index contributed by atoms with van der Waals surface area (Å²) in [6.45, 7) is 2.32. The molecule has 0 saturated carbocycles. The zero-order valence-corrected chi connectivity index (χ0v) is 12.1. The number of benzene rings is 1. The van der Waals surface area contributed by atoms with Crippen molar-refractivity contribution in [1.29, 1.82) is 0 Å². The second-order valence-electron chi connectivity index (χ2n) is 5.43. The number of nitrogens with zero attached hydrogens (tertiary/aromatic N) is 4. The molecule has 3 heterocycles. The van der Waals surface area contributed by atoms with Crippen molar-refractivity contribution in [1.82, 2.24) is 25.0 Å². The largest absolute Gasteiger partial charge is 0.345 e. The predicted octanol–water partition coefficient (Wildman–Crippen LogP) is 2.30.